The summed E-state index contributed by atoms with van der Waals surface area (Å²) in [5, 5.41) is 12.6. The molecular weight excluding hydrogens is 330 g/mol. The lowest BCUT2D eigenvalue weighted by molar-refractivity contribution is 0.679. The van der Waals surface area contributed by atoms with Crippen molar-refractivity contribution in [2.45, 2.75) is 6.04 Å². The molecule has 0 saturated heterocycles. The predicted octanol–water partition coefficient (Wildman–Crippen LogP) is 1.55. The van der Waals surface area contributed by atoms with E-state index in [1.165, 1.54) is 18.7 Å². The molecule has 0 fully saturated rings. The number of nitrogens with one attached hydrogen (secondary N) is 1. The van der Waals surface area contributed by atoms with Crippen molar-refractivity contribution in [2.24, 2.45) is 14.1 Å². The zero-order valence-electron chi connectivity index (χ0n) is 14.4. The highest BCUT2D eigenvalue weighted by Crippen LogP contribution is 2.25. The Kier molecular flexibility index (Phi) is 4.67. The van der Waals surface area contributed by atoms with Crippen molar-refractivity contribution < 1.29 is 0 Å². The molecule has 2 aromatic heterocycles. The summed E-state index contributed by atoms with van der Waals surface area (Å²) < 4.78 is 2.18. The van der Waals surface area contributed by atoms with Crippen LogP contribution in [0.15, 0.2) is 64.3 Å². The third-order valence-corrected chi connectivity index (χ3v) is 4.17. The van der Waals surface area contributed by atoms with Gasteiger partial charge in [-0.1, -0.05) is 36.4 Å². The van der Waals surface area contributed by atoms with Crippen molar-refractivity contribution in [3.8, 4) is 6.07 Å². The van der Waals surface area contributed by atoms with Gasteiger partial charge in [0.15, 0.2) is 5.56 Å². The zero-order chi connectivity index (χ0) is 18.7. The molecule has 0 spiro atoms. The van der Waals surface area contributed by atoms with Crippen molar-refractivity contribution in [3.05, 3.63) is 92.4 Å². The summed E-state index contributed by atoms with van der Waals surface area (Å²) in [7, 11) is 2.87. The minimum Gasteiger partial charge on any atom is -0.358 e. The van der Waals surface area contributed by atoms with Crippen molar-refractivity contribution in [2.75, 3.05) is 5.32 Å². The number of benzene rings is 1. The highest BCUT2D eigenvalue weighted by molar-refractivity contribution is 5.54. The molecule has 1 N–H and O–H groups in total. The van der Waals surface area contributed by atoms with E-state index in [2.05, 4.69) is 10.3 Å². The van der Waals surface area contributed by atoms with Crippen molar-refractivity contribution >= 4 is 5.82 Å². The van der Waals surface area contributed by atoms with E-state index in [4.69, 9.17) is 0 Å². The van der Waals surface area contributed by atoms with E-state index in [1.54, 1.807) is 12.3 Å². The maximum absolute atomic E-state index is 12.3. The van der Waals surface area contributed by atoms with E-state index in [9.17, 15) is 14.9 Å². The topological polar surface area (TPSA) is 92.7 Å². The summed E-state index contributed by atoms with van der Waals surface area (Å²) in [5.74, 6) is 0.167. The fraction of sp³-hybridized carbons (Fsp3) is 0.158. The number of aromatic nitrogens is 3. The summed E-state index contributed by atoms with van der Waals surface area (Å²) in [4.78, 5) is 29.0. The molecule has 3 rings (SSSR count). The molecule has 26 heavy (non-hydrogen) atoms. The van der Waals surface area contributed by atoms with Crippen LogP contribution in [0.2, 0.25) is 0 Å². The molecule has 0 amide bonds. The normalized spacial score (nSPS) is 11.6. The van der Waals surface area contributed by atoms with Crippen molar-refractivity contribution in [1.82, 2.24) is 14.1 Å². The minimum absolute atomic E-state index is 0.119. The van der Waals surface area contributed by atoms with Gasteiger partial charge in [0.25, 0.3) is 5.56 Å². The Morgan fingerprint density at radius 2 is 1.73 bits per heavy atom. The smallest absolute Gasteiger partial charge is 0.332 e. The molecule has 1 aromatic carbocycles. The van der Waals surface area contributed by atoms with Gasteiger partial charge in [0.2, 0.25) is 0 Å². The first-order valence-electron chi connectivity index (χ1n) is 7.97. The molecule has 0 aliphatic heterocycles. The molecule has 7 nitrogen and oxygen atoms in total. The fourth-order valence-electron chi connectivity index (χ4n) is 2.77. The van der Waals surface area contributed by atoms with E-state index in [1.807, 2.05) is 48.5 Å². The van der Waals surface area contributed by atoms with Crippen LogP contribution in [0, 0.1) is 11.3 Å². The van der Waals surface area contributed by atoms with Gasteiger partial charge >= 0.3 is 5.69 Å². The van der Waals surface area contributed by atoms with Gasteiger partial charge in [-0.25, -0.2) is 4.79 Å². The Morgan fingerprint density at radius 3 is 2.35 bits per heavy atom. The van der Waals surface area contributed by atoms with Crippen LogP contribution in [-0.4, -0.2) is 14.1 Å². The van der Waals surface area contributed by atoms with Gasteiger partial charge in [0.05, 0.1) is 11.7 Å². The van der Waals surface area contributed by atoms with Gasteiger partial charge in [-0.2, -0.15) is 5.26 Å². The molecule has 2 heterocycles. The Hall–Kier alpha value is -3.66. The molecule has 130 valence electrons. The second kappa shape index (κ2) is 7.07. The van der Waals surface area contributed by atoms with Gasteiger partial charge < -0.3 is 5.32 Å². The molecule has 0 aliphatic carbocycles. The molecule has 0 aliphatic rings. The molecular formula is C19H17N5O2. The van der Waals surface area contributed by atoms with E-state index in [-0.39, 0.29) is 11.4 Å². The third-order valence-electron chi connectivity index (χ3n) is 4.17. The van der Waals surface area contributed by atoms with Crippen LogP contribution < -0.4 is 16.6 Å². The Morgan fingerprint density at radius 1 is 1.04 bits per heavy atom. The Bertz CT molecular complexity index is 1040. The minimum atomic E-state index is -0.633. The van der Waals surface area contributed by atoms with E-state index < -0.39 is 17.3 Å². The van der Waals surface area contributed by atoms with Gasteiger partial charge in [0.1, 0.15) is 11.9 Å². The summed E-state index contributed by atoms with van der Waals surface area (Å²) in [6.45, 7) is 0. The number of nitrogens with zero attached hydrogens (tertiary/aromatic N) is 4. The van der Waals surface area contributed by atoms with Crippen LogP contribution in [0.25, 0.3) is 0 Å². The molecule has 1 atom stereocenters. The third kappa shape index (κ3) is 3.00. The number of anilines is 1. The summed E-state index contributed by atoms with van der Waals surface area (Å²) in [6, 6.07) is 16.5. The lowest BCUT2D eigenvalue weighted by Crippen LogP contribution is -2.40. The lowest BCUT2D eigenvalue weighted by Gasteiger charge is -2.22. The SMILES string of the molecule is Cn1c(NC(c2ccccc2)c2ccccn2)c(C#N)c(=O)n(C)c1=O. The van der Waals surface area contributed by atoms with Crippen LogP contribution >= 0.6 is 0 Å². The molecule has 0 bridgehead atoms. The van der Waals surface area contributed by atoms with Crippen molar-refractivity contribution in [1.29, 1.82) is 5.26 Å². The van der Waals surface area contributed by atoms with Crippen LogP contribution in [0.3, 0.4) is 0 Å². The van der Waals surface area contributed by atoms with Gasteiger partial charge in [-0.05, 0) is 17.7 Å². The maximum Gasteiger partial charge on any atom is 0.332 e. The summed E-state index contributed by atoms with van der Waals surface area (Å²) in [5.41, 5.74) is 0.334. The first-order valence-corrected chi connectivity index (χ1v) is 7.97. The summed E-state index contributed by atoms with van der Waals surface area (Å²) in [6.07, 6.45) is 1.67. The first-order chi connectivity index (χ1) is 12.5. The van der Waals surface area contributed by atoms with Crippen LogP contribution in [0.4, 0.5) is 5.82 Å². The zero-order valence-corrected chi connectivity index (χ0v) is 14.4. The molecule has 7 heteroatoms. The van der Waals surface area contributed by atoms with Gasteiger partial charge in [0, 0.05) is 20.3 Å². The molecule has 3 aromatic rings. The van der Waals surface area contributed by atoms with E-state index in [0.29, 0.717) is 5.69 Å². The molecule has 1 unspecified atom stereocenters. The number of hydrogen-bond donors (Lipinski definition) is 1. The molecule has 0 radical (unpaired) electrons. The Balaban J connectivity index is 2.20. The first kappa shape index (κ1) is 17.2. The lowest BCUT2D eigenvalue weighted by atomic mass is 10.0. The Labute approximate surface area is 149 Å². The second-order valence-electron chi connectivity index (χ2n) is 5.78. The van der Waals surface area contributed by atoms with Crippen molar-refractivity contribution in [3.63, 3.8) is 0 Å². The second-order valence-corrected chi connectivity index (χ2v) is 5.78. The van der Waals surface area contributed by atoms with Crippen LogP contribution in [-0.2, 0) is 14.1 Å². The van der Waals surface area contributed by atoms with E-state index in [0.717, 1.165) is 10.1 Å². The quantitative estimate of drug-likeness (QED) is 0.773. The van der Waals surface area contributed by atoms with Crippen LogP contribution in [0.1, 0.15) is 22.9 Å². The largest absolute Gasteiger partial charge is 0.358 e. The standard InChI is InChI=1S/C19H17N5O2/c1-23-17(14(12-20)18(25)24(2)19(23)26)22-16(13-8-4-3-5-9-13)15-10-6-7-11-21-15/h3-11,16,22H,1-2H3. The fourth-order valence-corrected chi connectivity index (χ4v) is 2.77. The highest BCUT2D eigenvalue weighted by Gasteiger charge is 2.21. The van der Waals surface area contributed by atoms with Crippen LogP contribution in [0.5, 0.6) is 0 Å². The average molecular weight is 347 g/mol. The maximum atomic E-state index is 12.3. The van der Waals surface area contributed by atoms with E-state index >= 15 is 0 Å². The van der Waals surface area contributed by atoms with Gasteiger partial charge in [-0.15, -0.1) is 0 Å². The highest BCUT2D eigenvalue weighted by atomic mass is 16.2. The number of nitriles is 1. The number of hydrogen-bond acceptors (Lipinski definition) is 5. The number of pyridine rings is 1. The summed E-state index contributed by atoms with van der Waals surface area (Å²) >= 11 is 0. The average Bonchev–Trinajstić information content (AvgIpc) is 2.69. The molecule has 0 saturated carbocycles. The predicted molar refractivity (Wildman–Crippen MR) is 97.8 cm³/mol. The number of rotatable bonds is 4. The monoisotopic (exact) mass is 347 g/mol. The van der Waals surface area contributed by atoms with Gasteiger partial charge in [-0.3, -0.25) is 18.9 Å².